The van der Waals surface area contributed by atoms with Gasteiger partial charge >= 0.3 is 5.97 Å². The number of aromatic nitrogens is 2. The number of carbonyl (C=O) groups is 2. The van der Waals surface area contributed by atoms with E-state index in [4.69, 9.17) is 0 Å². The van der Waals surface area contributed by atoms with Crippen LogP contribution in [0.2, 0.25) is 0 Å². The molecule has 1 saturated carbocycles. The van der Waals surface area contributed by atoms with E-state index in [1.54, 1.807) is 6.07 Å². The maximum absolute atomic E-state index is 12.7. The molecule has 0 radical (unpaired) electrons. The number of carboxylic acids is 1. The number of hydrogen-bond donors (Lipinski definition) is 1. The van der Waals surface area contributed by atoms with Crippen molar-refractivity contribution in [2.75, 3.05) is 7.05 Å². The summed E-state index contributed by atoms with van der Waals surface area (Å²) >= 11 is 0. The van der Waals surface area contributed by atoms with E-state index >= 15 is 0 Å². The van der Waals surface area contributed by atoms with Crippen LogP contribution < -0.4 is 0 Å². The maximum Gasteiger partial charge on any atom is 0.326 e. The van der Waals surface area contributed by atoms with Gasteiger partial charge in [-0.3, -0.25) is 9.48 Å². The van der Waals surface area contributed by atoms with Crippen molar-refractivity contribution in [2.45, 2.75) is 44.2 Å². The molecule has 1 aromatic heterocycles. The maximum atomic E-state index is 12.7. The van der Waals surface area contributed by atoms with E-state index in [1.807, 2.05) is 41.2 Å². The van der Waals surface area contributed by atoms with Gasteiger partial charge in [0.25, 0.3) is 5.91 Å². The number of carboxylic acid groups (broad SMARTS) is 1. The number of amides is 1. The smallest absolute Gasteiger partial charge is 0.326 e. The minimum atomic E-state index is -1.02. The Labute approximate surface area is 147 Å². The van der Waals surface area contributed by atoms with Crippen molar-refractivity contribution >= 4 is 11.9 Å². The van der Waals surface area contributed by atoms with Crippen molar-refractivity contribution in [3.05, 3.63) is 53.9 Å². The first-order valence-corrected chi connectivity index (χ1v) is 8.65. The van der Waals surface area contributed by atoms with Crippen LogP contribution in [-0.2, 0) is 11.2 Å². The van der Waals surface area contributed by atoms with E-state index in [2.05, 4.69) is 5.10 Å². The third-order valence-corrected chi connectivity index (χ3v) is 4.87. The molecule has 1 unspecified atom stereocenters. The average molecular weight is 341 g/mol. The Kier molecular flexibility index (Phi) is 5.16. The van der Waals surface area contributed by atoms with E-state index in [0.29, 0.717) is 11.7 Å². The number of rotatable bonds is 6. The summed E-state index contributed by atoms with van der Waals surface area (Å²) in [6.45, 7) is 0. The molecule has 0 spiro atoms. The first-order chi connectivity index (χ1) is 12.1. The molecule has 1 atom stereocenters. The number of hydrogen-bond acceptors (Lipinski definition) is 3. The van der Waals surface area contributed by atoms with Gasteiger partial charge in [0.1, 0.15) is 11.7 Å². The quantitative estimate of drug-likeness (QED) is 0.876. The van der Waals surface area contributed by atoms with Gasteiger partial charge in [-0.2, -0.15) is 5.10 Å². The van der Waals surface area contributed by atoms with Gasteiger partial charge in [0.15, 0.2) is 0 Å². The molecule has 0 aliphatic heterocycles. The van der Waals surface area contributed by atoms with E-state index in [-0.39, 0.29) is 12.3 Å². The van der Waals surface area contributed by atoms with Crippen molar-refractivity contribution in [2.24, 2.45) is 0 Å². The fourth-order valence-corrected chi connectivity index (χ4v) is 3.37. The van der Waals surface area contributed by atoms with Gasteiger partial charge in [0.2, 0.25) is 0 Å². The van der Waals surface area contributed by atoms with Gasteiger partial charge in [-0.05, 0) is 24.5 Å². The molecule has 1 heterocycles. The van der Waals surface area contributed by atoms with Gasteiger partial charge in [0.05, 0.1) is 6.04 Å². The predicted octanol–water partition coefficient (Wildman–Crippen LogP) is 2.77. The fraction of sp³-hybridized carbons (Fsp3) is 0.421. The van der Waals surface area contributed by atoms with Gasteiger partial charge in [-0.25, -0.2) is 4.79 Å². The number of benzene rings is 1. The second-order valence-electron chi connectivity index (χ2n) is 6.58. The average Bonchev–Trinajstić information content (AvgIpc) is 3.30. The standard InChI is InChI=1S/C19H23N3O3/c1-21(17(19(24)25)13-14-7-3-2-4-8-14)18(23)16-11-12-22(20-16)15-9-5-6-10-15/h2-4,7-8,11-12,15,17H,5-6,9-10,13H2,1H3,(H,24,25). The molecule has 1 aliphatic carbocycles. The summed E-state index contributed by atoms with van der Waals surface area (Å²) in [4.78, 5) is 25.6. The van der Waals surface area contributed by atoms with Crippen LogP contribution in [0.1, 0.15) is 47.8 Å². The number of carbonyl (C=O) groups excluding carboxylic acids is 1. The normalized spacial score (nSPS) is 15.9. The molecule has 6 nitrogen and oxygen atoms in total. The summed E-state index contributed by atoms with van der Waals surface area (Å²) in [6.07, 6.45) is 6.62. The van der Waals surface area contributed by atoms with Gasteiger partial charge in [0, 0.05) is 19.7 Å². The Morgan fingerprint density at radius 1 is 1.24 bits per heavy atom. The lowest BCUT2D eigenvalue weighted by molar-refractivity contribution is -0.141. The van der Waals surface area contributed by atoms with Crippen LogP contribution in [0.15, 0.2) is 42.6 Å². The molecule has 3 rings (SSSR count). The number of aliphatic carboxylic acids is 1. The van der Waals surface area contributed by atoms with Crippen LogP contribution >= 0.6 is 0 Å². The zero-order chi connectivity index (χ0) is 17.8. The van der Waals surface area contributed by atoms with Crippen molar-refractivity contribution in [1.29, 1.82) is 0 Å². The van der Waals surface area contributed by atoms with Crippen molar-refractivity contribution in [1.82, 2.24) is 14.7 Å². The molecular weight excluding hydrogens is 318 g/mol. The molecule has 0 bridgehead atoms. The van der Waals surface area contributed by atoms with Crippen molar-refractivity contribution < 1.29 is 14.7 Å². The molecule has 0 saturated heterocycles. The van der Waals surface area contributed by atoms with Crippen LogP contribution in [0, 0.1) is 0 Å². The lowest BCUT2D eigenvalue weighted by Crippen LogP contribution is -2.44. The SMILES string of the molecule is CN(C(=O)c1ccn(C2CCCC2)n1)C(Cc1ccccc1)C(=O)O. The summed E-state index contributed by atoms with van der Waals surface area (Å²) in [5, 5.41) is 14.0. The topological polar surface area (TPSA) is 75.4 Å². The molecular formula is C19H23N3O3. The summed E-state index contributed by atoms with van der Waals surface area (Å²) in [5.74, 6) is -1.38. The van der Waals surface area contributed by atoms with E-state index < -0.39 is 12.0 Å². The summed E-state index contributed by atoms with van der Waals surface area (Å²) in [7, 11) is 1.53. The molecule has 1 aromatic carbocycles. The van der Waals surface area contributed by atoms with Gasteiger partial charge in [-0.1, -0.05) is 43.2 Å². The summed E-state index contributed by atoms with van der Waals surface area (Å²) < 4.78 is 1.85. The van der Waals surface area contributed by atoms with Crippen molar-refractivity contribution in [3.63, 3.8) is 0 Å². The largest absolute Gasteiger partial charge is 0.480 e. The summed E-state index contributed by atoms with van der Waals surface area (Å²) in [6, 6.07) is 10.4. The molecule has 6 heteroatoms. The highest BCUT2D eigenvalue weighted by Crippen LogP contribution is 2.28. The number of nitrogens with zero attached hydrogens (tertiary/aromatic N) is 3. The minimum absolute atomic E-state index is 0.266. The third kappa shape index (κ3) is 3.90. The minimum Gasteiger partial charge on any atom is -0.480 e. The summed E-state index contributed by atoms with van der Waals surface area (Å²) in [5.41, 5.74) is 1.18. The third-order valence-electron chi connectivity index (χ3n) is 4.87. The monoisotopic (exact) mass is 341 g/mol. The van der Waals surface area contributed by atoms with Crippen LogP contribution in [0.25, 0.3) is 0 Å². The fourth-order valence-electron chi connectivity index (χ4n) is 3.37. The lowest BCUT2D eigenvalue weighted by Gasteiger charge is -2.24. The van der Waals surface area contributed by atoms with Gasteiger partial charge < -0.3 is 10.0 Å². The highest BCUT2D eigenvalue weighted by atomic mass is 16.4. The predicted molar refractivity (Wildman–Crippen MR) is 93.4 cm³/mol. The van der Waals surface area contributed by atoms with E-state index in [1.165, 1.54) is 24.8 Å². The highest BCUT2D eigenvalue weighted by Gasteiger charge is 2.29. The first kappa shape index (κ1) is 17.2. The highest BCUT2D eigenvalue weighted by molar-refractivity contribution is 5.94. The molecule has 1 amide bonds. The Bertz CT molecular complexity index is 735. The molecule has 1 aliphatic rings. The Morgan fingerprint density at radius 2 is 1.92 bits per heavy atom. The molecule has 132 valence electrons. The first-order valence-electron chi connectivity index (χ1n) is 8.65. The van der Waals surface area contributed by atoms with Crippen molar-refractivity contribution in [3.8, 4) is 0 Å². The van der Waals surface area contributed by atoms with Crippen LogP contribution in [0.5, 0.6) is 0 Å². The van der Waals surface area contributed by atoms with E-state index in [0.717, 1.165) is 18.4 Å². The Balaban J connectivity index is 1.73. The van der Waals surface area contributed by atoms with Crippen LogP contribution in [0.3, 0.4) is 0 Å². The second-order valence-corrected chi connectivity index (χ2v) is 6.58. The molecule has 2 aromatic rings. The molecule has 1 N–H and O–H groups in total. The number of likely N-dealkylation sites (N-methyl/N-ethyl adjacent to an activating group) is 1. The Hall–Kier alpha value is -2.63. The van der Waals surface area contributed by atoms with Gasteiger partial charge in [-0.15, -0.1) is 0 Å². The zero-order valence-corrected chi connectivity index (χ0v) is 14.3. The zero-order valence-electron chi connectivity index (χ0n) is 14.3. The van der Waals surface area contributed by atoms with Crippen LogP contribution in [-0.4, -0.2) is 44.8 Å². The molecule has 25 heavy (non-hydrogen) atoms. The molecule has 1 fully saturated rings. The Morgan fingerprint density at radius 3 is 2.56 bits per heavy atom. The van der Waals surface area contributed by atoms with E-state index in [9.17, 15) is 14.7 Å². The second kappa shape index (κ2) is 7.51. The van der Waals surface area contributed by atoms with Crippen LogP contribution in [0.4, 0.5) is 0 Å². The lowest BCUT2D eigenvalue weighted by atomic mass is 10.0.